The Hall–Kier alpha value is -1.68. The minimum absolute atomic E-state index is 0.0582. The fraction of sp³-hybridized carbons (Fsp3) is 0.467. The first-order chi connectivity index (χ1) is 10.3. The van der Waals surface area contributed by atoms with Crippen molar-refractivity contribution in [3.8, 4) is 6.07 Å². The second kappa shape index (κ2) is 6.39. The first-order valence-corrected chi connectivity index (χ1v) is 7.95. The molecule has 0 radical (unpaired) electrons. The number of aromatic nitrogens is 2. The van der Waals surface area contributed by atoms with E-state index in [-0.39, 0.29) is 12.1 Å². The summed E-state index contributed by atoms with van der Waals surface area (Å²) in [6.07, 6.45) is 6.12. The van der Waals surface area contributed by atoms with Gasteiger partial charge in [0.15, 0.2) is 0 Å². The van der Waals surface area contributed by atoms with Gasteiger partial charge in [0.2, 0.25) is 0 Å². The van der Waals surface area contributed by atoms with Gasteiger partial charge in [-0.15, -0.1) is 11.3 Å². The standard InChI is InChI=1S/C15H18N4OS/c1-19-9-12(7-18-19)15-14(3-2-4-20-15)17-8-13-5-11(6-16)10-21-13/h5,7,9-10,14-15,17H,2-4,8H2,1H3/t14-,15+/m0/s1. The van der Waals surface area contributed by atoms with Crippen LogP contribution in [0.5, 0.6) is 0 Å². The molecule has 1 aliphatic rings. The molecule has 0 saturated carbocycles. The molecule has 1 saturated heterocycles. The summed E-state index contributed by atoms with van der Waals surface area (Å²) in [4.78, 5) is 1.18. The lowest BCUT2D eigenvalue weighted by molar-refractivity contribution is -0.0111. The highest BCUT2D eigenvalue weighted by Gasteiger charge is 2.28. The van der Waals surface area contributed by atoms with E-state index >= 15 is 0 Å². The number of hydrogen-bond donors (Lipinski definition) is 1. The Bertz CT molecular complexity index is 642. The topological polar surface area (TPSA) is 62.9 Å². The van der Waals surface area contributed by atoms with Crippen molar-refractivity contribution in [3.05, 3.63) is 39.8 Å². The molecule has 0 unspecified atom stereocenters. The Morgan fingerprint density at radius 3 is 3.24 bits per heavy atom. The van der Waals surface area contributed by atoms with Crippen LogP contribution in [0.15, 0.2) is 23.8 Å². The summed E-state index contributed by atoms with van der Waals surface area (Å²) in [6.45, 7) is 1.58. The zero-order valence-electron chi connectivity index (χ0n) is 12.0. The van der Waals surface area contributed by atoms with Gasteiger partial charge in [-0.2, -0.15) is 10.4 Å². The highest BCUT2D eigenvalue weighted by Crippen LogP contribution is 2.28. The molecule has 5 nitrogen and oxygen atoms in total. The SMILES string of the molecule is Cn1cc([C@H]2OCCC[C@@H]2NCc2cc(C#N)cs2)cn1. The van der Waals surface area contributed by atoms with Gasteiger partial charge in [0.25, 0.3) is 0 Å². The van der Waals surface area contributed by atoms with Crippen molar-refractivity contribution in [2.75, 3.05) is 6.61 Å². The molecule has 2 aromatic rings. The number of nitrogens with zero attached hydrogens (tertiary/aromatic N) is 3. The van der Waals surface area contributed by atoms with Crippen molar-refractivity contribution in [3.63, 3.8) is 0 Å². The molecule has 3 rings (SSSR count). The number of nitriles is 1. The average molecular weight is 302 g/mol. The van der Waals surface area contributed by atoms with E-state index < -0.39 is 0 Å². The molecule has 0 amide bonds. The molecule has 1 aliphatic heterocycles. The summed E-state index contributed by atoms with van der Waals surface area (Å²) in [5.74, 6) is 0. The monoisotopic (exact) mass is 302 g/mol. The van der Waals surface area contributed by atoms with Gasteiger partial charge in [-0.25, -0.2) is 0 Å². The number of rotatable bonds is 4. The maximum atomic E-state index is 8.87. The zero-order valence-corrected chi connectivity index (χ0v) is 12.8. The van der Waals surface area contributed by atoms with Crippen LogP contribution in [0.3, 0.4) is 0 Å². The quantitative estimate of drug-likeness (QED) is 0.942. The van der Waals surface area contributed by atoms with Crippen LogP contribution >= 0.6 is 11.3 Å². The normalized spacial score (nSPS) is 22.1. The van der Waals surface area contributed by atoms with E-state index in [1.165, 1.54) is 4.88 Å². The molecule has 0 aromatic carbocycles. The van der Waals surface area contributed by atoms with Gasteiger partial charge in [0.05, 0.1) is 11.8 Å². The Morgan fingerprint density at radius 1 is 1.62 bits per heavy atom. The lowest BCUT2D eigenvalue weighted by Crippen LogP contribution is -2.38. The summed E-state index contributed by atoms with van der Waals surface area (Å²) in [6, 6.07) is 4.40. The maximum absolute atomic E-state index is 8.87. The fourth-order valence-corrected chi connectivity index (χ4v) is 3.43. The molecule has 21 heavy (non-hydrogen) atoms. The Kier molecular flexibility index (Phi) is 4.34. The third-order valence-electron chi connectivity index (χ3n) is 3.70. The van der Waals surface area contributed by atoms with Crippen molar-refractivity contribution in [1.82, 2.24) is 15.1 Å². The second-order valence-corrected chi connectivity index (χ2v) is 6.28. The first-order valence-electron chi connectivity index (χ1n) is 7.07. The number of nitrogens with one attached hydrogen (secondary N) is 1. The van der Waals surface area contributed by atoms with E-state index in [1.807, 2.05) is 35.6 Å². The molecule has 3 heterocycles. The van der Waals surface area contributed by atoms with Crippen LogP contribution < -0.4 is 5.32 Å². The molecule has 0 aliphatic carbocycles. The number of ether oxygens (including phenoxy) is 1. The van der Waals surface area contributed by atoms with E-state index in [0.717, 1.165) is 37.1 Å². The Balaban J connectivity index is 1.65. The van der Waals surface area contributed by atoms with Crippen molar-refractivity contribution >= 4 is 11.3 Å². The summed E-state index contributed by atoms with van der Waals surface area (Å²) < 4.78 is 7.75. The lowest BCUT2D eigenvalue weighted by Gasteiger charge is -2.31. The van der Waals surface area contributed by atoms with Crippen molar-refractivity contribution in [2.24, 2.45) is 7.05 Å². The largest absolute Gasteiger partial charge is 0.372 e. The minimum atomic E-state index is 0.0582. The summed E-state index contributed by atoms with van der Waals surface area (Å²) in [5, 5.41) is 18.6. The smallest absolute Gasteiger partial charge is 0.101 e. The van der Waals surface area contributed by atoms with Crippen molar-refractivity contribution < 1.29 is 4.74 Å². The predicted molar refractivity (Wildman–Crippen MR) is 80.8 cm³/mol. The molecule has 0 spiro atoms. The minimum Gasteiger partial charge on any atom is -0.372 e. The summed E-state index contributed by atoms with van der Waals surface area (Å²) >= 11 is 1.62. The van der Waals surface area contributed by atoms with Crippen molar-refractivity contribution in [1.29, 1.82) is 5.26 Å². The third-order valence-corrected chi connectivity index (χ3v) is 4.63. The fourth-order valence-electron chi connectivity index (χ4n) is 2.67. The van der Waals surface area contributed by atoms with Crippen LogP contribution in [0.4, 0.5) is 0 Å². The molecular formula is C15H18N4OS. The predicted octanol–water partition coefficient (Wildman–Crippen LogP) is 2.36. The highest BCUT2D eigenvalue weighted by atomic mass is 32.1. The Morgan fingerprint density at radius 2 is 2.52 bits per heavy atom. The van der Waals surface area contributed by atoms with E-state index in [9.17, 15) is 0 Å². The molecule has 2 atom stereocenters. The maximum Gasteiger partial charge on any atom is 0.101 e. The lowest BCUT2D eigenvalue weighted by atomic mass is 9.98. The van der Waals surface area contributed by atoms with Gasteiger partial charge in [0.1, 0.15) is 12.2 Å². The van der Waals surface area contributed by atoms with Crippen LogP contribution in [0.1, 0.15) is 34.9 Å². The second-order valence-electron chi connectivity index (χ2n) is 5.28. The Labute approximate surface area is 128 Å². The van der Waals surface area contributed by atoms with Crippen molar-refractivity contribution in [2.45, 2.75) is 31.5 Å². The number of thiophene rings is 1. The number of hydrogen-bond acceptors (Lipinski definition) is 5. The van der Waals surface area contributed by atoms with Gasteiger partial charge in [-0.05, 0) is 18.9 Å². The molecular weight excluding hydrogens is 284 g/mol. The molecule has 1 fully saturated rings. The molecule has 6 heteroatoms. The van der Waals surface area contributed by atoms with Gasteiger partial charge in [-0.3, -0.25) is 4.68 Å². The van der Waals surface area contributed by atoms with Crippen LogP contribution in [0.2, 0.25) is 0 Å². The molecule has 0 bridgehead atoms. The first kappa shape index (κ1) is 14.3. The van der Waals surface area contributed by atoms with Gasteiger partial charge >= 0.3 is 0 Å². The zero-order chi connectivity index (χ0) is 14.7. The van der Waals surface area contributed by atoms with E-state index in [4.69, 9.17) is 10.00 Å². The summed E-state index contributed by atoms with van der Waals surface area (Å²) in [5.41, 5.74) is 1.86. The van der Waals surface area contributed by atoms with Crippen LogP contribution in [0, 0.1) is 11.3 Å². The van der Waals surface area contributed by atoms with Gasteiger partial charge in [-0.1, -0.05) is 0 Å². The molecule has 1 N–H and O–H groups in total. The van der Waals surface area contributed by atoms with E-state index in [0.29, 0.717) is 0 Å². The number of aryl methyl sites for hydroxylation is 1. The van der Waals surface area contributed by atoms with Crippen LogP contribution in [-0.4, -0.2) is 22.4 Å². The van der Waals surface area contributed by atoms with Gasteiger partial charge < -0.3 is 10.1 Å². The van der Waals surface area contributed by atoms with Crippen LogP contribution in [-0.2, 0) is 18.3 Å². The highest BCUT2D eigenvalue weighted by molar-refractivity contribution is 7.10. The molecule has 2 aromatic heterocycles. The molecule has 110 valence electrons. The third kappa shape index (κ3) is 3.32. The summed E-state index contributed by atoms with van der Waals surface area (Å²) in [7, 11) is 1.92. The average Bonchev–Trinajstić information content (AvgIpc) is 3.14. The van der Waals surface area contributed by atoms with Gasteiger partial charge in [0, 0.05) is 48.3 Å². The van der Waals surface area contributed by atoms with E-state index in [1.54, 1.807) is 11.3 Å². The van der Waals surface area contributed by atoms with Crippen LogP contribution in [0.25, 0.3) is 0 Å². The van der Waals surface area contributed by atoms with E-state index in [2.05, 4.69) is 16.5 Å².